The van der Waals surface area contributed by atoms with Crippen LogP contribution in [0.4, 0.5) is 10.7 Å². The molecule has 1 amide bonds. The Labute approximate surface area is 82.9 Å². The van der Waals surface area contributed by atoms with Gasteiger partial charge in [0.05, 0.1) is 0 Å². The summed E-state index contributed by atoms with van der Waals surface area (Å²) in [5, 5.41) is 2.49. The third-order valence-corrected chi connectivity index (χ3v) is 1.32. The van der Waals surface area contributed by atoms with Crippen LogP contribution < -0.4 is 5.32 Å². The van der Waals surface area contributed by atoms with Gasteiger partial charge in [-0.2, -0.15) is 0 Å². The lowest BCUT2D eigenvalue weighted by atomic mass is 10.2. The maximum atomic E-state index is 11.2. The largest absolute Gasteiger partial charge is 0.444 e. The van der Waals surface area contributed by atoms with Gasteiger partial charge in [0.1, 0.15) is 5.60 Å². The SMILES string of the molecule is Cc1cnc(NC(=O)OC(C)(C)C)[nH]1. The lowest BCUT2D eigenvalue weighted by Gasteiger charge is -2.18. The van der Waals surface area contributed by atoms with E-state index in [9.17, 15) is 4.79 Å². The predicted molar refractivity (Wildman–Crippen MR) is 53.2 cm³/mol. The monoisotopic (exact) mass is 197 g/mol. The molecule has 0 radical (unpaired) electrons. The van der Waals surface area contributed by atoms with Crippen molar-refractivity contribution in [1.82, 2.24) is 9.97 Å². The molecule has 1 aromatic rings. The van der Waals surface area contributed by atoms with Crippen LogP contribution in [0.15, 0.2) is 6.20 Å². The van der Waals surface area contributed by atoms with Crippen molar-refractivity contribution in [2.24, 2.45) is 0 Å². The normalized spacial score (nSPS) is 11.1. The van der Waals surface area contributed by atoms with Crippen molar-refractivity contribution in [3.8, 4) is 0 Å². The number of nitrogens with zero attached hydrogens (tertiary/aromatic N) is 1. The molecule has 0 aliphatic carbocycles. The van der Waals surface area contributed by atoms with Gasteiger partial charge in [0.25, 0.3) is 0 Å². The van der Waals surface area contributed by atoms with E-state index in [2.05, 4.69) is 15.3 Å². The molecular weight excluding hydrogens is 182 g/mol. The Hall–Kier alpha value is -1.52. The maximum Gasteiger partial charge on any atom is 0.414 e. The smallest absolute Gasteiger partial charge is 0.414 e. The Kier molecular flexibility index (Phi) is 2.78. The van der Waals surface area contributed by atoms with Gasteiger partial charge in [-0.05, 0) is 27.7 Å². The highest BCUT2D eigenvalue weighted by Crippen LogP contribution is 2.09. The van der Waals surface area contributed by atoms with E-state index in [0.29, 0.717) is 5.95 Å². The van der Waals surface area contributed by atoms with Gasteiger partial charge >= 0.3 is 6.09 Å². The summed E-state index contributed by atoms with van der Waals surface area (Å²) in [5.74, 6) is 0.400. The Morgan fingerprint density at radius 2 is 2.21 bits per heavy atom. The third kappa shape index (κ3) is 3.47. The number of amides is 1. The molecule has 0 saturated carbocycles. The molecular formula is C9H15N3O2. The molecule has 2 N–H and O–H groups in total. The first kappa shape index (κ1) is 10.6. The summed E-state index contributed by atoms with van der Waals surface area (Å²) in [6.45, 7) is 7.27. The van der Waals surface area contributed by atoms with Crippen molar-refractivity contribution in [3.63, 3.8) is 0 Å². The van der Waals surface area contributed by atoms with Crippen LogP contribution in [-0.2, 0) is 4.74 Å². The highest BCUT2D eigenvalue weighted by atomic mass is 16.6. The fourth-order valence-electron chi connectivity index (χ4n) is 0.876. The summed E-state index contributed by atoms with van der Waals surface area (Å²) in [4.78, 5) is 18.0. The van der Waals surface area contributed by atoms with Crippen LogP contribution in [0.2, 0.25) is 0 Å². The van der Waals surface area contributed by atoms with Crippen LogP contribution in [0, 0.1) is 6.92 Å². The number of hydrogen-bond donors (Lipinski definition) is 2. The molecule has 0 bridgehead atoms. The van der Waals surface area contributed by atoms with Gasteiger partial charge in [0.2, 0.25) is 5.95 Å². The summed E-state index contributed by atoms with van der Waals surface area (Å²) in [6.07, 6.45) is 1.12. The second-order valence-corrected chi connectivity index (χ2v) is 4.04. The molecule has 0 aliphatic heterocycles. The number of nitrogens with one attached hydrogen (secondary N) is 2. The first-order valence-electron chi connectivity index (χ1n) is 4.38. The van der Waals surface area contributed by atoms with E-state index in [1.54, 1.807) is 27.0 Å². The first-order chi connectivity index (χ1) is 6.37. The van der Waals surface area contributed by atoms with Crippen LogP contribution >= 0.6 is 0 Å². The Morgan fingerprint density at radius 1 is 1.57 bits per heavy atom. The highest BCUT2D eigenvalue weighted by Gasteiger charge is 2.16. The molecule has 0 atom stereocenters. The fraction of sp³-hybridized carbons (Fsp3) is 0.556. The average molecular weight is 197 g/mol. The molecule has 0 spiro atoms. The quantitative estimate of drug-likeness (QED) is 0.724. The van der Waals surface area contributed by atoms with Gasteiger partial charge in [-0.25, -0.2) is 9.78 Å². The molecule has 5 nitrogen and oxygen atoms in total. The highest BCUT2D eigenvalue weighted by molar-refractivity contribution is 5.82. The molecule has 0 unspecified atom stereocenters. The second-order valence-electron chi connectivity index (χ2n) is 4.04. The van der Waals surface area contributed by atoms with Gasteiger partial charge in [0, 0.05) is 11.9 Å². The van der Waals surface area contributed by atoms with Crippen LogP contribution in [0.25, 0.3) is 0 Å². The minimum atomic E-state index is -0.508. The van der Waals surface area contributed by atoms with E-state index < -0.39 is 11.7 Å². The number of carbonyl (C=O) groups is 1. The molecule has 1 rings (SSSR count). The number of carbonyl (C=O) groups excluding carboxylic acids is 1. The molecule has 0 aromatic carbocycles. The summed E-state index contributed by atoms with van der Waals surface area (Å²) >= 11 is 0. The number of hydrogen-bond acceptors (Lipinski definition) is 3. The molecule has 0 saturated heterocycles. The maximum absolute atomic E-state index is 11.2. The topological polar surface area (TPSA) is 67.0 Å². The number of aromatic nitrogens is 2. The number of ether oxygens (including phenoxy) is 1. The van der Waals surface area contributed by atoms with E-state index in [4.69, 9.17) is 4.74 Å². The standard InChI is InChI=1S/C9H15N3O2/c1-6-5-10-7(11-6)12-8(13)14-9(2,3)4/h5H,1-4H3,(H2,10,11,12,13). The van der Waals surface area contributed by atoms with Crippen molar-refractivity contribution in [2.45, 2.75) is 33.3 Å². The molecule has 1 aromatic heterocycles. The predicted octanol–water partition coefficient (Wildman–Crippen LogP) is 2.07. The summed E-state index contributed by atoms with van der Waals surface area (Å²) in [7, 11) is 0. The lowest BCUT2D eigenvalue weighted by molar-refractivity contribution is 0.0635. The number of aromatic amines is 1. The average Bonchev–Trinajstić information content (AvgIpc) is 2.30. The summed E-state index contributed by atoms with van der Waals surface area (Å²) in [6, 6.07) is 0. The van der Waals surface area contributed by atoms with Crippen molar-refractivity contribution in [1.29, 1.82) is 0 Å². The minimum absolute atomic E-state index is 0.400. The zero-order chi connectivity index (χ0) is 10.8. The lowest BCUT2D eigenvalue weighted by Crippen LogP contribution is -2.27. The van der Waals surface area contributed by atoms with Crippen molar-refractivity contribution >= 4 is 12.0 Å². The van der Waals surface area contributed by atoms with E-state index in [1.165, 1.54) is 0 Å². The van der Waals surface area contributed by atoms with Gasteiger partial charge in [-0.1, -0.05) is 0 Å². The van der Waals surface area contributed by atoms with Crippen LogP contribution in [0.5, 0.6) is 0 Å². The van der Waals surface area contributed by atoms with Gasteiger partial charge < -0.3 is 9.72 Å². The van der Waals surface area contributed by atoms with Crippen LogP contribution in [-0.4, -0.2) is 21.7 Å². The number of anilines is 1. The van der Waals surface area contributed by atoms with E-state index >= 15 is 0 Å². The van der Waals surface area contributed by atoms with Crippen molar-refractivity contribution < 1.29 is 9.53 Å². The Balaban J connectivity index is 2.50. The molecule has 14 heavy (non-hydrogen) atoms. The molecule has 0 fully saturated rings. The molecule has 0 aliphatic rings. The number of imidazole rings is 1. The molecule has 1 heterocycles. The van der Waals surface area contributed by atoms with Gasteiger partial charge in [-0.3, -0.25) is 5.32 Å². The fourth-order valence-corrected chi connectivity index (χ4v) is 0.876. The van der Waals surface area contributed by atoms with Crippen molar-refractivity contribution in [3.05, 3.63) is 11.9 Å². The minimum Gasteiger partial charge on any atom is -0.444 e. The Bertz CT molecular complexity index is 325. The molecule has 5 heteroatoms. The second kappa shape index (κ2) is 3.69. The van der Waals surface area contributed by atoms with Crippen LogP contribution in [0.1, 0.15) is 26.5 Å². The summed E-state index contributed by atoms with van der Waals surface area (Å²) in [5.41, 5.74) is 0.391. The number of aryl methyl sites for hydroxylation is 1. The van der Waals surface area contributed by atoms with E-state index in [0.717, 1.165) is 5.69 Å². The zero-order valence-corrected chi connectivity index (χ0v) is 8.84. The first-order valence-corrected chi connectivity index (χ1v) is 4.38. The Morgan fingerprint density at radius 3 is 2.64 bits per heavy atom. The summed E-state index contributed by atoms with van der Waals surface area (Å²) < 4.78 is 5.04. The van der Waals surface area contributed by atoms with Gasteiger partial charge in [-0.15, -0.1) is 0 Å². The van der Waals surface area contributed by atoms with E-state index in [-0.39, 0.29) is 0 Å². The third-order valence-electron chi connectivity index (χ3n) is 1.32. The zero-order valence-electron chi connectivity index (χ0n) is 8.84. The van der Waals surface area contributed by atoms with Gasteiger partial charge in [0.15, 0.2) is 0 Å². The number of H-pyrrole nitrogens is 1. The molecule has 78 valence electrons. The van der Waals surface area contributed by atoms with Crippen molar-refractivity contribution in [2.75, 3.05) is 5.32 Å². The van der Waals surface area contributed by atoms with Crippen LogP contribution in [0.3, 0.4) is 0 Å². The van der Waals surface area contributed by atoms with E-state index in [1.807, 2.05) is 6.92 Å². The number of rotatable bonds is 1.